The number of aromatic nitrogens is 4. The van der Waals surface area contributed by atoms with Crippen LogP contribution in [0.15, 0.2) is 39.9 Å². The second kappa shape index (κ2) is 7.87. The van der Waals surface area contributed by atoms with Crippen LogP contribution in [-0.2, 0) is 27.1 Å². The summed E-state index contributed by atoms with van der Waals surface area (Å²) in [6.07, 6.45) is 0.792. The molecule has 3 heterocycles. The molecule has 0 atom stereocenters. The van der Waals surface area contributed by atoms with E-state index in [0.717, 1.165) is 45.1 Å². The van der Waals surface area contributed by atoms with Crippen LogP contribution in [0.1, 0.15) is 12.5 Å². The highest BCUT2D eigenvalue weighted by Gasteiger charge is 2.25. The van der Waals surface area contributed by atoms with Gasteiger partial charge in [0.2, 0.25) is 5.95 Å². The van der Waals surface area contributed by atoms with Crippen LogP contribution >= 0.6 is 0 Å². The molecular weight excluding hydrogens is 368 g/mol. The van der Waals surface area contributed by atoms with E-state index in [1.165, 1.54) is 21.7 Å². The first-order valence-corrected chi connectivity index (χ1v) is 10.2. The number of hydrogen-bond acceptors (Lipinski definition) is 5. The summed E-state index contributed by atoms with van der Waals surface area (Å²) in [5, 5.41) is 0. The Morgan fingerprint density at radius 3 is 2.31 bits per heavy atom. The molecule has 1 saturated heterocycles. The molecule has 0 amide bonds. The van der Waals surface area contributed by atoms with Gasteiger partial charge < -0.3 is 14.4 Å². The molecule has 1 aliphatic rings. The van der Waals surface area contributed by atoms with Crippen molar-refractivity contribution in [2.45, 2.75) is 19.9 Å². The van der Waals surface area contributed by atoms with Gasteiger partial charge in [0.25, 0.3) is 5.56 Å². The number of fused-ring (bicyclic) bond motifs is 1. The van der Waals surface area contributed by atoms with Crippen LogP contribution in [0.5, 0.6) is 0 Å². The van der Waals surface area contributed by atoms with E-state index in [9.17, 15) is 9.59 Å². The third kappa shape index (κ3) is 3.48. The van der Waals surface area contributed by atoms with E-state index in [0.29, 0.717) is 17.7 Å². The minimum atomic E-state index is -0.349. The molecule has 1 aliphatic heterocycles. The van der Waals surface area contributed by atoms with Crippen molar-refractivity contribution >= 4 is 17.1 Å². The van der Waals surface area contributed by atoms with Crippen molar-refractivity contribution in [1.82, 2.24) is 23.6 Å². The molecule has 0 spiro atoms. The SMILES string of the molecule is CCN1CCN(c2nc3c(c(=O)n(C)c(=O)n3C)n2CCc2ccccc2)CC1. The fourth-order valence-corrected chi connectivity index (χ4v) is 4.04. The molecule has 1 fully saturated rings. The van der Waals surface area contributed by atoms with Gasteiger partial charge in [0.05, 0.1) is 0 Å². The van der Waals surface area contributed by atoms with Crippen LogP contribution in [0.25, 0.3) is 11.2 Å². The second-order valence-electron chi connectivity index (χ2n) is 7.60. The van der Waals surface area contributed by atoms with Crippen LogP contribution in [0.4, 0.5) is 5.95 Å². The molecular formula is C21H28N6O2. The number of nitrogens with zero attached hydrogens (tertiary/aromatic N) is 6. The summed E-state index contributed by atoms with van der Waals surface area (Å²) in [7, 11) is 3.20. The van der Waals surface area contributed by atoms with Gasteiger partial charge in [-0.05, 0) is 18.5 Å². The number of aryl methyl sites for hydroxylation is 3. The van der Waals surface area contributed by atoms with Crippen LogP contribution in [0, 0.1) is 0 Å². The van der Waals surface area contributed by atoms with Gasteiger partial charge >= 0.3 is 5.69 Å². The molecule has 8 nitrogen and oxygen atoms in total. The Hall–Kier alpha value is -2.87. The summed E-state index contributed by atoms with van der Waals surface area (Å²) in [4.78, 5) is 34.8. The van der Waals surface area contributed by atoms with E-state index in [2.05, 4.69) is 28.9 Å². The van der Waals surface area contributed by atoms with Crippen molar-refractivity contribution in [3.63, 3.8) is 0 Å². The number of piperazine rings is 1. The highest BCUT2D eigenvalue weighted by Crippen LogP contribution is 2.22. The molecule has 3 aromatic rings. The first-order valence-electron chi connectivity index (χ1n) is 10.2. The molecule has 8 heteroatoms. The Morgan fingerprint density at radius 2 is 1.66 bits per heavy atom. The van der Waals surface area contributed by atoms with E-state index < -0.39 is 0 Å². The molecule has 0 saturated carbocycles. The lowest BCUT2D eigenvalue weighted by Crippen LogP contribution is -2.47. The summed E-state index contributed by atoms with van der Waals surface area (Å²) < 4.78 is 4.65. The number of rotatable bonds is 5. The number of imidazole rings is 1. The monoisotopic (exact) mass is 396 g/mol. The Balaban J connectivity index is 1.81. The zero-order chi connectivity index (χ0) is 20.5. The van der Waals surface area contributed by atoms with E-state index in [-0.39, 0.29) is 11.2 Å². The molecule has 0 aliphatic carbocycles. The smallest absolute Gasteiger partial charge is 0.332 e. The number of likely N-dealkylation sites (N-methyl/N-ethyl adjacent to an activating group) is 1. The molecule has 0 radical (unpaired) electrons. The summed E-state index contributed by atoms with van der Waals surface area (Å²) in [6.45, 7) is 7.49. The maximum atomic E-state index is 13.0. The van der Waals surface area contributed by atoms with Gasteiger partial charge in [-0.3, -0.25) is 13.9 Å². The fourth-order valence-electron chi connectivity index (χ4n) is 4.04. The number of anilines is 1. The summed E-state index contributed by atoms with van der Waals surface area (Å²) in [5.41, 5.74) is 1.52. The number of benzene rings is 1. The van der Waals surface area contributed by atoms with Gasteiger partial charge in [0.1, 0.15) is 0 Å². The van der Waals surface area contributed by atoms with Gasteiger partial charge in [-0.15, -0.1) is 0 Å². The maximum absolute atomic E-state index is 13.0. The predicted molar refractivity (Wildman–Crippen MR) is 115 cm³/mol. The second-order valence-corrected chi connectivity index (χ2v) is 7.60. The van der Waals surface area contributed by atoms with Crippen molar-refractivity contribution in [2.75, 3.05) is 37.6 Å². The molecule has 0 N–H and O–H groups in total. The van der Waals surface area contributed by atoms with Crippen molar-refractivity contribution < 1.29 is 0 Å². The molecule has 2 aromatic heterocycles. The highest BCUT2D eigenvalue weighted by atomic mass is 16.2. The zero-order valence-corrected chi connectivity index (χ0v) is 17.3. The van der Waals surface area contributed by atoms with E-state index >= 15 is 0 Å². The van der Waals surface area contributed by atoms with Crippen LogP contribution in [-0.4, -0.2) is 56.3 Å². The van der Waals surface area contributed by atoms with Crippen molar-refractivity contribution in [2.24, 2.45) is 14.1 Å². The summed E-state index contributed by atoms with van der Waals surface area (Å²) >= 11 is 0. The lowest BCUT2D eigenvalue weighted by Gasteiger charge is -2.34. The Bertz CT molecular complexity index is 1120. The van der Waals surface area contributed by atoms with Crippen molar-refractivity contribution in [3.8, 4) is 0 Å². The van der Waals surface area contributed by atoms with E-state index in [1.54, 1.807) is 7.05 Å². The zero-order valence-electron chi connectivity index (χ0n) is 17.3. The molecule has 1 aromatic carbocycles. The average molecular weight is 396 g/mol. The summed E-state index contributed by atoms with van der Waals surface area (Å²) in [6, 6.07) is 10.2. The lowest BCUT2D eigenvalue weighted by atomic mass is 10.1. The largest absolute Gasteiger partial charge is 0.340 e. The molecule has 4 rings (SSSR count). The van der Waals surface area contributed by atoms with Crippen LogP contribution in [0.3, 0.4) is 0 Å². The van der Waals surface area contributed by atoms with Gasteiger partial charge in [0.15, 0.2) is 11.2 Å². The van der Waals surface area contributed by atoms with Crippen LogP contribution < -0.4 is 16.1 Å². The maximum Gasteiger partial charge on any atom is 0.332 e. The van der Waals surface area contributed by atoms with Crippen molar-refractivity contribution in [1.29, 1.82) is 0 Å². The topological polar surface area (TPSA) is 68.3 Å². The van der Waals surface area contributed by atoms with Gasteiger partial charge in [-0.1, -0.05) is 37.3 Å². The Kier molecular flexibility index (Phi) is 5.27. The van der Waals surface area contributed by atoms with E-state index in [4.69, 9.17) is 4.98 Å². The third-order valence-corrected chi connectivity index (χ3v) is 5.90. The minimum absolute atomic E-state index is 0.290. The number of hydrogen-bond donors (Lipinski definition) is 0. The van der Waals surface area contributed by atoms with E-state index in [1.807, 2.05) is 22.8 Å². The van der Waals surface area contributed by atoms with Crippen LogP contribution in [0.2, 0.25) is 0 Å². The Morgan fingerprint density at radius 1 is 0.966 bits per heavy atom. The Labute approximate surface area is 169 Å². The van der Waals surface area contributed by atoms with Crippen molar-refractivity contribution in [3.05, 3.63) is 56.7 Å². The predicted octanol–water partition coefficient (Wildman–Crippen LogP) is 0.818. The molecule has 154 valence electrons. The lowest BCUT2D eigenvalue weighted by molar-refractivity contribution is 0.269. The standard InChI is InChI=1S/C21H28N6O2/c1-4-25-12-14-26(15-13-25)20-22-18-17(19(28)24(3)21(29)23(18)2)27(20)11-10-16-8-6-5-7-9-16/h5-9H,4,10-15H2,1-3H3. The quantitative estimate of drug-likeness (QED) is 0.639. The van der Waals surface area contributed by atoms with Gasteiger partial charge in [-0.2, -0.15) is 4.98 Å². The molecule has 0 bridgehead atoms. The molecule has 29 heavy (non-hydrogen) atoms. The fraction of sp³-hybridized carbons (Fsp3) is 0.476. The third-order valence-electron chi connectivity index (χ3n) is 5.90. The average Bonchev–Trinajstić information content (AvgIpc) is 3.15. The highest BCUT2D eigenvalue weighted by molar-refractivity contribution is 5.74. The molecule has 0 unspecified atom stereocenters. The minimum Gasteiger partial charge on any atom is -0.340 e. The van der Waals surface area contributed by atoms with Gasteiger partial charge in [-0.25, -0.2) is 4.79 Å². The van der Waals surface area contributed by atoms with Gasteiger partial charge in [0, 0.05) is 46.8 Å². The normalized spacial score (nSPS) is 15.3. The summed E-state index contributed by atoms with van der Waals surface area (Å²) in [5.74, 6) is 0.782. The first kappa shape index (κ1) is 19.4. The first-order chi connectivity index (χ1) is 14.0.